The SMILES string of the molecule is CCN(CC1CCCO1)C1CCCc2cc(O)ccc21. The lowest BCUT2D eigenvalue weighted by molar-refractivity contribution is 0.0553. The van der Waals surface area contributed by atoms with Gasteiger partial charge in [0.15, 0.2) is 0 Å². The number of hydrogen-bond acceptors (Lipinski definition) is 3. The predicted molar refractivity (Wildman–Crippen MR) is 80.0 cm³/mol. The highest BCUT2D eigenvalue weighted by Gasteiger charge is 2.28. The molecule has 1 aromatic rings. The summed E-state index contributed by atoms with van der Waals surface area (Å²) in [5.74, 6) is 0.395. The molecule has 0 amide bonds. The minimum Gasteiger partial charge on any atom is -0.508 e. The number of aryl methyl sites for hydroxylation is 1. The third-order valence-corrected chi connectivity index (χ3v) is 4.72. The van der Waals surface area contributed by atoms with E-state index in [1.54, 1.807) is 0 Å². The molecule has 1 aliphatic heterocycles. The number of likely N-dealkylation sites (N-methyl/N-ethyl adjacent to an activating group) is 1. The Balaban J connectivity index is 1.78. The van der Waals surface area contributed by atoms with Crippen LogP contribution in [-0.2, 0) is 11.2 Å². The van der Waals surface area contributed by atoms with Crippen LogP contribution in [0.4, 0.5) is 0 Å². The molecule has 0 spiro atoms. The second-order valence-electron chi connectivity index (χ2n) is 6.01. The van der Waals surface area contributed by atoms with Gasteiger partial charge in [0.1, 0.15) is 5.75 Å². The molecule has 3 heteroatoms. The van der Waals surface area contributed by atoms with Crippen molar-refractivity contribution in [1.82, 2.24) is 4.90 Å². The third-order valence-electron chi connectivity index (χ3n) is 4.72. The molecule has 1 fully saturated rings. The van der Waals surface area contributed by atoms with E-state index in [1.807, 2.05) is 12.1 Å². The van der Waals surface area contributed by atoms with Crippen LogP contribution in [0.25, 0.3) is 0 Å². The average Bonchev–Trinajstić information content (AvgIpc) is 2.97. The van der Waals surface area contributed by atoms with Crippen molar-refractivity contribution in [2.24, 2.45) is 0 Å². The second kappa shape index (κ2) is 6.15. The number of phenols is 1. The Kier molecular flexibility index (Phi) is 4.27. The lowest BCUT2D eigenvalue weighted by atomic mass is 9.86. The summed E-state index contributed by atoms with van der Waals surface area (Å²) >= 11 is 0. The minimum absolute atomic E-state index is 0.395. The van der Waals surface area contributed by atoms with Crippen molar-refractivity contribution in [3.63, 3.8) is 0 Å². The molecular formula is C17H25NO2. The van der Waals surface area contributed by atoms with Crippen LogP contribution in [0.3, 0.4) is 0 Å². The molecule has 1 aliphatic carbocycles. The van der Waals surface area contributed by atoms with Gasteiger partial charge >= 0.3 is 0 Å². The number of ether oxygens (including phenoxy) is 1. The van der Waals surface area contributed by atoms with E-state index >= 15 is 0 Å². The van der Waals surface area contributed by atoms with Crippen LogP contribution in [-0.4, -0.2) is 35.8 Å². The van der Waals surface area contributed by atoms with Crippen molar-refractivity contribution in [2.45, 2.75) is 51.2 Å². The first-order valence-electron chi connectivity index (χ1n) is 7.95. The third kappa shape index (κ3) is 2.84. The maximum atomic E-state index is 9.67. The van der Waals surface area contributed by atoms with Crippen LogP contribution in [0.1, 0.15) is 49.8 Å². The Bertz CT molecular complexity index is 454. The maximum Gasteiger partial charge on any atom is 0.115 e. The monoisotopic (exact) mass is 275 g/mol. The van der Waals surface area contributed by atoms with Gasteiger partial charge in [0.05, 0.1) is 6.10 Å². The van der Waals surface area contributed by atoms with E-state index < -0.39 is 0 Å². The fourth-order valence-corrected chi connectivity index (χ4v) is 3.68. The molecule has 2 aliphatic rings. The highest BCUT2D eigenvalue weighted by Crippen LogP contribution is 2.36. The zero-order valence-electron chi connectivity index (χ0n) is 12.3. The molecule has 2 atom stereocenters. The first kappa shape index (κ1) is 13.9. The molecular weight excluding hydrogens is 250 g/mol. The van der Waals surface area contributed by atoms with Gasteiger partial charge in [0, 0.05) is 19.2 Å². The van der Waals surface area contributed by atoms with Gasteiger partial charge in [-0.2, -0.15) is 0 Å². The molecule has 3 nitrogen and oxygen atoms in total. The number of phenolic OH excluding ortho intramolecular Hbond substituents is 1. The van der Waals surface area contributed by atoms with Crippen LogP contribution >= 0.6 is 0 Å². The minimum atomic E-state index is 0.395. The van der Waals surface area contributed by atoms with E-state index in [4.69, 9.17) is 4.74 Å². The van der Waals surface area contributed by atoms with E-state index in [2.05, 4.69) is 17.9 Å². The molecule has 0 aromatic heterocycles. The number of fused-ring (bicyclic) bond motifs is 1. The topological polar surface area (TPSA) is 32.7 Å². The summed E-state index contributed by atoms with van der Waals surface area (Å²) in [7, 11) is 0. The molecule has 0 bridgehead atoms. The summed E-state index contributed by atoms with van der Waals surface area (Å²) in [6.45, 7) is 5.27. The molecule has 3 rings (SSSR count). The number of nitrogens with zero attached hydrogens (tertiary/aromatic N) is 1. The van der Waals surface area contributed by atoms with Gasteiger partial charge in [-0.05, 0) is 61.9 Å². The Hall–Kier alpha value is -1.06. The van der Waals surface area contributed by atoms with Gasteiger partial charge < -0.3 is 9.84 Å². The highest BCUT2D eigenvalue weighted by atomic mass is 16.5. The van der Waals surface area contributed by atoms with Crippen molar-refractivity contribution in [3.05, 3.63) is 29.3 Å². The molecule has 20 heavy (non-hydrogen) atoms. The van der Waals surface area contributed by atoms with Crippen molar-refractivity contribution in [1.29, 1.82) is 0 Å². The summed E-state index contributed by atoms with van der Waals surface area (Å²) in [6.07, 6.45) is 6.35. The van der Waals surface area contributed by atoms with E-state index in [0.717, 1.165) is 26.1 Å². The zero-order valence-corrected chi connectivity index (χ0v) is 12.3. The van der Waals surface area contributed by atoms with Crippen LogP contribution in [0, 0.1) is 0 Å². The van der Waals surface area contributed by atoms with Gasteiger partial charge in [-0.25, -0.2) is 0 Å². The van der Waals surface area contributed by atoms with E-state index in [0.29, 0.717) is 17.9 Å². The Labute approximate surface area is 121 Å². The molecule has 1 aromatic carbocycles. The largest absolute Gasteiger partial charge is 0.508 e. The zero-order chi connectivity index (χ0) is 13.9. The van der Waals surface area contributed by atoms with Gasteiger partial charge in [0.2, 0.25) is 0 Å². The molecule has 2 unspecified atom stereocenters. The first-order valence-corrected chi connectivity index (χ1v) is 7.95. The summed E-state index contributed by atoms with van der Waals surface area (Å²) in [5.41, 5.74) is 2.74. The van der Waals surface area contributed by atoms with Gasteiger partial charge in [-0.3, -0.25) is 4.90 Å². The molecule has 1 saturated heterocycles. The van der Waals surface area contributed by atoms with E-state index in [9.17, 15) is 5.11 Å². The van der Waals surface area contributed by atoms with Crippen molar-refractivity contribution in [2.75, 3.05) is 19.7 Å². The Morgan fingerprint density at radius 2 is 2.20 bits per heavy atom. The molecule has 0 radical (unpaired) electrons. The van der Waals surface area contributed by atoms with Crippen molar-refractivity contribution >= 4 is 0 Å². The summed E-state index contributed by atoms with van der Waals surface area (Å²) in [4.78, 5) is 2.56. The van der Waals surface area contributed by atoms with Crippen LogP contribution in [0.5, 0.6) is 5.75 Å². The standard InChI is InChI=1S/C17H25NO2/c1-2-18(12-15-6-4-10-20-15)17-7-3-5-13-11-14(19)8-9-16(13)17/h8-9,11,15,17,19H,2-7,10,12H2,1H3. The highest BCUT2D eigenvalue weighted by molar-refractivity contribution is 5.38. The smallest absolute Gasteiger partial charge is 0.115 e. The Morgan fingerprint density at radius 3 is 2.95 bits per heavy atom. The van der Waals surface area contributed by atoms with Gasteiger partial charge in [-0.1, -0.05) is 13.0 Å². The lowest BCUT2D eigenvalue weighted by Gasteiger charge is -2.36. The van der Waals surface area contributed by atoms with Crippen molar-refractivity contribution < 1.29 is 9.84 Å². The van der Waals surface area contributed by atoms with Crippen molar-refractivity contribution in [3.8, 4) is 5.75 Å². The van der Waals surface area contributed by atoms with Gasteiger partial charge in [0.25, 0.3) is 0 Å². The number of benzene rings is 1. The van der Waals surface area contributed by atoms with Gasteiger partial charge in [-0.15, -0.1) is 0 Å². The normalized spacial score (nSPS) is 25.9. The fourth-order valence-electron chi connectivity index (χ4n) is 3.68. The predicted octanol–water partition coefficient (Wildman–Crippen LogP) is 3.27. The van der Waals surface area contributed by atoms with E-state index in [1.165, 1.54) is 36.8 Å². The Morgan fingerprint density at radius 1 is 1.30 bits per heavy atom. The summed E-state index contributed by atoms with van der Waals surface area (Å²) in [5, 5.41) is 9.67. The lowest BCUT2D eigenvalue weighted by Crippen LogP contribution is -2.37. The number of rotatable bonds is 4. The second-order valence-corrected chi connectivity index (χ2v) is 6.01. The first-order chi connectivity index (χ1) is 9.78. The molecule has 110 valence electrons. The average molecular weight is 275 g/mol. The molecule has 1 heterocycles. The molecule has 0 saturated carbocycles. The van der Waals surface area contributed by atoms with Crippen LogP contribution in [0.15, 0.2) is 18.2 Å². The summed E-state index contributed by atoms with van der Waals surface area (Å²) < 4.78 is 5.80. The number of hydrogen-bond donors (Lipinski definition) is 1. The van der Waals surface area contributed by atoms with Crippen LogP contribution in [0.2, 0.25) is 0 Å². The van der Waals surface area contributed by atoms with E-state index in [-0.39, 0.29) is 0 Å². The quantitative estimate of drug-likeness (QED) is 0.915. The van der Waals surface area contributed by atoms with Crippen LogP contribution < -0.4 is 0 Å². The molecule has 1 N–H and O–H groups in total. The fraction of sp³-hybridized carbons (Fsp3) is 0.647. The number of aromatic hydroxyl groups is 1. The summed E-state index contributed by atoms with van der Waals surface area (Å²) in [6, 6.07) is 6.39. The maximum absolute atomic E-state index is 9.67.